The monoisotopic (exact) mass is 940 g/mol. The van der Waals surface area contributed by atoms with Crippen molar-refractivity contribution in [2.45, 2.75) is 0 Å². The maximum Gasteiger partial charge on any atom is 0.104 e. The van der Waals surface area contributed by atoms with Crippen LogP contribution in [0.25, 0.3) is 121 Å². The molecule has 10 heteroatoms. The number of fused-ring (bicyclic) bond motifs is 12. The highest BCUT2D eigenvalue weighted by Gasteiger charge is 2.35. The first-order valence-corrected chi connectivity index (χ1v) is 23.8. The summed E-state index contributed by atoms with van der Waals surface area (Å²) in [6.45, 7) is 0. The highest BCUT2D eigenvalue weighted by Crippen LogP contribution is 2.52. The van der Waals surface area contributed by atoms with Gasteiger partial charge in [-0.05, 0) is 103 Å². The Balaban J connectivity index is 1.37. The van der Waals surface area contributed by atoms with E-state index in [9.17, 15) is 26.3 Å². The molecule has 0 saturated heterocycles. The number of rotatable bonds is 5. The molecule has 0 amide bonds. The van der Waals surface area contributed by atoms with Gasteiger partial charge in [-0.15, -0.1) is 0 Å². The van der Waals surface area contributed by atoms with E-state index in [1.54, 1.807) is 6.20 Å². The summed E-state index contributed by atoms with van der Waals surface area (Å²) in [4.78, 5) is 4.80. The third-order valence-electron chi connectivity index (χ3n) is 14.6. The zero-order chi connectivity index (χ0) is 49.8. The molecule has 0 saturated carbocycles. The summed E-state index contributed by atoms with van der Waals surface area (Å²) in [7, 11) is 0. The molecule has 0 aliphatic heterocycles. The SMILES string of the molecule is N#Cc1ccc2c(c1)c1ccccc1n2-c1c(C#N)c(-n2c3ccccc3c3cc(C#N)ccc32)c(-n2c3ccccc3c3cc(C#N)ccc32)c(-n2c3ccccc3c3cc(C#N)ccc32)c1-c1cccnc1. The van der Waals surface area contributed by atoms with Crippen molar-refractivity contribution in [2.75, 3.05) is 0 Å². The highest BCUT2D eigenvalue weighted by atomic mass is 15.1. The van der Waals surface area contributed by atoms with Crippen molar-refractivity contribution in [2.24, 2.45) is 0 Å². The quantitative estimate of drug-likeness (QED) is 0.167. The maximum absolute atomic E-state index is 12.6. The van der Waals surface area contributed by atoms with Crippen LogP contribution in [0.2, 0.25) is 0 Å². The predicted molar refractivity (Wildman–Crippen MR) is 291 cm³/mol. The number of para-hydroxylation sites is 4. The van der Waals surface area contributed by atoms with Gasteiger partial charge in [-0.2, -0.15) is 26.3 Å². The minimum absolute atomic E-state index is 0.328. The fourth-order valence-corrected chi connectivity index (χ4v) is 11.6. The molecule has 0 bridgehead atoms. The van der Waals surface area contributed by atoms with E-state index in [0.29, 0.717) is 56.1 Å². The standard InChI is InChI=1S/C64H32N10/c65-32-38-19-23-56-47(28-38)43-11-1-5-15-52(43)71(56)61-51(36-69)62(72-53-16-6-2-12-44(53)48-29-39(33-66)20-24-57(48)72)64(74-55-18-8-4-14-46(55)50-31-41(35-68)22-26-59(50)74)63(60(61)42-10-9-27-70-37-42)73-54-17-7-3-13-45(54)49-30-40(34-67)21-25-58(49)73/h1-31,37H. The Labute approximate surface area is 421 Å². The summed E-state index contributed by atoms with van der Waals surface area (Å²) < 4.78 is 8.84. The average molecular weight is 941 g/mol. The van der Waals surface area contributed by atoms with Crippen LogP contribution in [0.3, 0.4) is 0 Å². The zero-order valence-corrected chi connectivity index (χ0v) is 38.9. The summed E-state index contributed by atoms with van der Waals surface area (Å²) in [6, 6.07) is 71.7. The minimum atomic E-state index is 0.328. The largest absolute Gasteiger partial charge is 0.307 e. The molecule has 0 atom stereocenters. The number of pyridine rings is 1. The summed E-state index contributed by atoms with van der Waals surface area (Å²) in [5, 5.41) is 61.0. The van der Waals surface area contributed by atoms with Crippen molar-refractivity contribution in [3.8, 4) is 64.2 Å². The highest BCUT2D eigenvalue weighted by molar-refractivity contribution is 6.17. The number of nitrogens with zero attached hydrogens (tertiary/aromatic N) is 10. The molecule has 5 aromatic heterocycles. The lowest BCUT2D eigenvalue weighted by molar-refractivity contribution is 1.03. The molecule has 0 unspecified atom stereocenters. The Morgan fingerprint density at radius 2 is 0.635 bits per heavy atom. The topological polar surface area (TPSA) is 152 Å². The van der Waals surface area contributed by atoms with Gasteiger partial charge in [0.05, 0.1) is 113 Å². The van der Waals surface area contributed by atoms with Crippen molar-refractivity contribution >= 4 is 87.2 Å². The van der Waals surface area contributed by atoms with Gasteiger partial charge < -0.3 is 18.3 Å². The first kappa shape index (κ1) is 41.7. The summed E-state index contributed by atoms with van der Waals surface area (Å²) >= 11 is 0. The molecule has 10 nitrogen and oxygen atoms in total. The number of nitriles is 5. The van der Waals surface area contributed by atoms with Gasteiger partial charge in [0.25, 0.3) is 0 Å². The van der Waals surface area contributed by atoms with E-state index in [0.717, 1.165) is 92.8 Å². The molecule has 0 radical (unpaired) electrons. The summed E-state index contributed by atoms with van der Waals surface area (Å²) in [5.74, 6) is 0. The molecular weight excluding hydrogens is 909 g/mol. The lowest BCUT2D eigenvalue weighted by Gasteiger charge is -2.29. The van der Waals surface area contributed by atoms with E-state index < -0.39 is 0 Å². The van der Waals surface area contributed by atoms with Gasteiger partial charge in [0.1, 0.15) is 11.6 Å². The number of benzene rings is 9. The van der Waals surface area contributed by atoms with E-state index in [1.807, 2.05) is 146 Å². The van der Waals surface area contributed by atoms with Crippen LogP contribution in [0.15, 0.2) is 194 Å². The Morgan fingerprint density at radius 3 is 0.986 bits per heavy atom. The van der Waals surface area contributed by atoms with Gasteiger partial charge in [-0.3, -0.25) is 4.98 Å². The molecular formula is C64H32N10. The average Bonchev–Trinajstić information content (AvgIpc) is 4.30. The molecule has 0 aliphatic rings. The molecule has 0 N–H and O–H groups in total. The Kier molecular flexibility index (Phi) is 8.97. The first-order chi connectivity index (χ1) is 36.5. The van der Waals surface area contributed by atoms with E-state index in [2.05, 4.69) is 91.1 Å². The van der Waals surface area contributed by atoms with Gasteiger partial charge >= 0.3 is 0 Å². The lowest BCUT2D eigenvalue weighted by atomic mass is 9.94. The van der Waals surface area contributed by atoms with Crippen LogP contribution in [-0.4, -0.2) is 23.3 Å². The van der Waals surface area contributed by atoms with Gasteiger partial charge in [-0.1, -0.05) is 78.9 Å². The fraction of sp³-hybridized carbons (Fsp3) is 0. The smallest absolute Gasteiger partial charge is 0.104 e. The lowest BCUT2D eigenvalue weighted by Crippen LogP contribution is -2.16. The zero-order valence-electron chi connectivity index (χ0n) is 38.9. The molecule has 0 fully saturated rings. The van der Waals surface area contributed by atoms with Crippen molar-refractivity contribution in [1.82, 2.24) is 23.3 Å². The second kappa shape index (κ2) is 15.9. The van der Waals surface area contributed by atoms with Crippen molar-refractivity contribution < 1.29 is 0 Å². The Hall–Kier alpha value is -11.2. The van der Waals surface area contributed by atoms with Gasteiger partial charge in [0.2, 0.25) is 0 Å². The van der Waals surface area contributed by atoms with E-state index >= 15 is 0 Å². The van der Waals surface area contributed by atoms with Gasteiger partial charge in [0.15, 0.2) is 0 Å². The van der Waals surface area contributed by atoms with Gasteiger partial charge in [0, 0.05) is 66.6 Å². The van der Waals surface area contributed by atoms with Gasteiger partial charge in [-0.25, -0.2) is 0 Å². The summed E-state index contributed by atoms with van der Waals surface area (Å²) in [5.41, 5.74) is 12.6. The molecule has 5 heterocycles. The third kappa shape index (κ3) is 5.73. The van der Waals surface area contributed by atoms with Crippen LogP contribution in [0, 0.1) is 56.7 Å². The van der Waals surface area contributed by atoms with Crippen molar-refractivity contribution in [3.63, 3.8) is 0 Å². The second-order valence-electron chi connectivity index (χ2n) is 18.3. The van der Waals surface area contributed by atoms with Crippen LogP contribution >= 0.6 is 0 Å². The number of hydrogen-bond donors (Lipinski definition) is 0. The molecule has 74 heavy (non-hydrogen) atoms. The maximum atomic E-state index is 12.6. The predicted octanol–water partition coefficient (Wildman–Crippen LogP) is 14.5. The first-order valence-electron chi connectivity index (χ1n) is 23.8. The normalized spacial score (nSPS) is 11.4. The Morgan fingerprint density at radius 1 is 0.297 bits per heavy atom. The summed E-state index contributed by atoms with van der Waals surface area (Å²) in [6.07, 6.45) is 3.58. The molecule has 0 spiro atoms. The van der Waals surface area contributed by atoms with Crippen LogP contribution in [-0.2, 0) is 0 Å². The number of aromatic nitrogens is 5. The molecule has 338 valence electrons. The molecule has 0 aliphatic carbocycles. The van der Waals surface area contributed by atoms with Crippen molar-refractivity contribution in [1.29, 1.82) is 26.3 Å². The van der Waals surface area contributed by atoms with Crippen LogP contribution in [0.4, 0.5) is 0 Å². The van der Waals surface area contributed by atoms with Crippen LogP contribution < -0.4 is 0 Å². The van der Waals surface area contributed by atoms with Crippen LogP contribution in [0.5, 0.6) is 0 Å². The van der Waals surface area contributed by atoms with E-state index in [-0.39, 0.29) is 0 Å². The molecule has 14 rings (SSSR count). The fourth-order valence-electron chi connectivity index (χ4n) is 11.6. The third-order valence-corrected chi connectivity index (χ3v) is 14.6. The molecule has 9 aromatic carbocycles. The van der Waals surface area contributed by atoms with Crippen molar-refractivity contribution in [3.05, 3.63) is 222 Å². The van der Waals surface area contributed by atoms with E-state index in [1.165, 1.54) is 0 Å². The minimum Gasteiger partial charge on any atom is -0.307 e. The van der Waals surface area contributed by atoms with E-state index in [4.69, 9.17) is 4.98 Å². The molecule has 14 aromatic rings. The Bertz CT molecular complexity index is 5030. The van der Waals surface area contributed by atoms with Crippen LogP contribution in [0.1, 0.15) is 27.8 Å². The number of hydrogen-bond acceptors (Lipinski definition) is 6. The second-order valence-corrected chi connectivity index (χ2v) is 18.3.